The molecule has 1 heterocycles. The number of anilines is 2. The van der Waals surface area contributed by atoms with Gasteiger partial charge in [-0.25, -0.2) is 18.2 Å². The molecule has 88 valence electrons. The lowest BCUT2D eigenvalue weighted by Crippen LogP contribution is -1.99. The maximum absolute atomic E-state index is 13.3. The number of hydrogen-bond donors (Lipinski definition) is 1. The summed E-state index contributed by atoms with van der Waals surface area (Å²) in [6.45, 7) is 0. The minimum absolute atomic E-state index is 0.0693. The highest BCUT2D eigenvalue weighted by Crippen LogP contribution is 2.22. The van der Waals surface area contributed by atoms with Gasteiger partial charge in [0, 0.05) is 12.3 Å². The number of pyridine rings is 1. The van der Waals surface area contributed by atoms with Crippen LogP contribution in [0.4, 0.5) is 24.7 Å². The molecule has 1 N–H and O–H groups in total. The molecule has 0 atom stereocenters. The van der Waals surface area contributed by atoms with Gasteiger partial charge in [0.05, 0.1) is 10.7 Å². The second kappa shape index (κ2) is 4.63. The van der Waals surface area contributed by atoms with Crippen LogP contribution in [0.3, 0.4) is 0 Å². The van der Waals surface area contributed by atoms with Crippen LogP contribution < -0.4 is 5.32 Å². The Morgan fingerprint density at radius 1 is 1.06 bits per heavy atom. The van der Waals surface area contributed by atoms with Gasteiger partial charge >= 0.3 is 0 Å². The smallest absolute Gasteiger partial charge is 0.167 e. The van der Waals surface area contributed by atoms with E-state index in [1.54, 1.807) is 0 Å². The van der Waals surface area contributed by atoms with E-state index >= 15 is 0 Å². The van der Waals surface area contributed by atoms with E-state index < -0.39 is 17.5 Å². The number of nitrogens with zero attached hydrogens (tertiary/aromatic N) is 1. The average molecular weight is 259 g/mol. The molecule has 0 saturated heterocycles. The third-order valence-electron chi connectivity index (χ3n) is 1.99. The molecule has 2 nitrogen and oxygen atoms in total. The number of rotatable bonds is 2. The molecule has 0 aliphatic carbocycles. The Morgan fingerprint density at radius 3 is 2.47 bits per heavy atom. The molecule has 0 bridgehead atoms. The molecule has 0 aliphatic rings. The lowest BCUT2D eigenvalue weighted by atomic mass is 10.3. The van der Waals surface area contributed by atoms with Gasteiger partial charge in [-0.15, -0.1) is 0 Å². The molecule has 0 aliphatic heterocycles. The summed E-state index contributed by atoms with van der Waals surface area (Å²) in [6.07, 6.45) is 1.22. The Kier molecular flexibility index (Phi) is 3.19. The van der Waals surface area contributed by atoms with Crippen LogP contribution >= 0.6 is 11.6 Å². The first-order valence-corrected chi connectivity index (χ1v) is 4.97. The zero-order chi connectivity index (χ0) is 12.4. The van der Waals surface area contributed by atoms with Gasteiger partial charge in [-0.1, -0.05) is 11.6 Å². The molecular weight excluding hydrogens is 253 g/mol. The normalized spacial score (nSPS) is 10.4. The number of hydrogen-bond acceptors (Lipinski definition) is 2. The molecule has 0 radical (unpaired) electrons. The Hall–Kier alpha value is -1.75. The van der Waals surface area contributed by atoms with Crippen molar-refractivity contribution in [3.63, 3.8) is 0 Å². The van der Waals surface area contributed by atoms with E-state index in [0.717, 1.165) is 18.2 Å². The fraction of sp³-hybridized carbons (Fsp3) is 0. The lowest BCUT2D eigenvalue weighted by molar-refractivity contribution is 0.585. The summed E-state index contributed by atoms with van der Waals surface area (Å²) < 4.78 is 39.3. The number of aromatic nitrogens is 1. The number of benzene rings is 1. The van der Waals surface area contributed by atoms with Crippen molar-refractivity contribution in [3.05, 3.63) is 52.9 Å². The monoisotopic (exact) mass is 258 g/mol. The van der Waals surface area contributed by atoms with Gasteiger partial charge in [-0.05, 0) is 18.2 Å². The summed E-state index contributed by atoms with van der Waals surface area (Å²) in [7, 11) is 0. The summed E-state index contributed by atoms with van der Waals surface area (Å²) in [4.78, 5) is 3.66. The van der Waals surface area contributed by atoms with Crippen LogP contribution in [0.1, 0.15) is 0 Å². The second-order valence-electron chi connectivity index (χ2n) is 3.23. The molecule has 1 aromatic carbocycles. The van der Waals surface area contributed by atoms with Crippen molar-refractivity contribution in [1.29, 1.82) is 0 Å². The Balaban J connectivity index is 2.31. The molecule has 0 amide bonds. The topological polar surface area (TPSA) is 24.9 Å². The third-order valence-corrected chi connectivity index (χ3v) is 2.20. The maximum Gasteiger partial charge on any atom is 0.167 e. The first-order chi connectivity index (χ1) is 8.06. The molecule has 17 heavy (non-hydrogen) atoms. The molecule has 6 heteroatoms. The van der Waals surface area contributed by atoms with Crippen LogP contribution in [0, 0.1) is 17.5 Å². The summed E-state index contributed by atoms with van der Waals surface area (Å²) in [6, 6.07) is 3.94. The zero-order valence-electron chi connectivity index (χ0n) is 8.35. The quantitative estimate of drug-likeness (QED) is 0.884. The summed E-state index contributed by atoms with van der Waals surface area (Å²) in [5.74, 6) is -2.44. The highest BCUT2D eigenvalue weighted by molar-refractivity contribution is 6.30. The standard InChI is InChI=1S/C11H6ClF3N2/c12-6-3-9(15)11(16-5-6)17-10-2-1-7(13)4-8(10)14/h1-5H,(H,16,17). The molecule has 0 saturated carbocycles. The Labute approximate surface area is 100 Å². The van der Waals surface area contributed by atoms with Gasteiger partial charge in [0.25, 0.3) is 0 Å². The van der Waals surface area contributed by atoms with Crippen molar-refractivity contribution < 1.29 is 13.2 Å². The van der Waals surface area contributed by atoms with Gasteiger partial charge in [-0.2, -0.15) is 0 Å². The minimum atomic E-state index is -0.832. The number of nitrogens with one attached hydrogen (secondary N) is 1. The first-order valence-electron chi connectivity index (χ1n) is 4.59. The molecular formula is C11H6ClF3N2. The molecule has 0 fully saturated rings. The molecule has 0 spiro atoms. The van der Waals surface area contributed by atoms with Crippen LogP contribution in [0.25, 0.3) is 0 Å². The van der Waals surface area contributed by atoms with Gasteiger partial charge in [0.15, 0.2) is 11.6 Å². The Morgan fingerprint density at radius 2 is 1.82 bits per heavy atom. The summed E-state index contributed by atoms with van der Waals surface area (Å²) in [5.41, 5.74) is -0.0693. The highest BCUT2D eigenvalue weighted by Gasteiger charge is 2.08. The van der Waals surface area contributed by atoms with E-state index in [-0.39, 0.29) is 16.5 Å². The van der Waals surface area contributed by atoms with E-state index in [4.69, 9.17) is 11.6 Å². The van der Waals surface area contributed by atoms with Crippen LogP contribution in [0.15, 0.2) is 30.5 Å². The minimum Gasteiger partial charge on any atom is -0.335 e. The maximum atomic E-state index is 13.3. The number of halogens is 4. The van der Waals surface area contributed by atoms with Gasteiger partial charge in [-0.3, -0.25) is 0 Å². The fourth-order valence-corrected chi connectivity index (χ4v) is 1.37. The molecule has 2 rings (SSSR count). The van der Waals surface area contributed by atoms with Crippen molar-refractivity contribution in [2.24, 2.45) is 0 Å². The predicted molar refractivity (Wildman–Crippen MR) is 58.8 cm³/mol. The van der Waals surface area contributed by atoms with Crippen LogP contribution in [-0.4, -0.2) is 4.98 Å². The van der Waals surface area contributed by atoms with Crippen molar-refractivity contribution in [1.82, 2.24) is 4.98 Å². The molecule has 1 aromatic heterocycles. The van der Waals surface area contributed by atoms with Crippen molar-refractivity contribution in [3.8, 4) is 0 Å². The van der Waals surface area contributed by atoms with E-state index in [9.17, 15) is 13.2 Å². The van der Waals surface area contributed by atoms with Crippen molar-refractivity contribution >= 4 is 23.1 Å². The van der Waals surface area contributed by atoms with Crippen molar-refractivity contribution in [2.45, 2.75) is 0 Å². The zero-order valence-corrected chi connectivity index (χ0v) is 9.10. The van der Waals surface area contributed by atoms with E-state index in [2.05, 4.69) is 10.3 Å². The van der Waals surface area contributed by atoms with E-state index in [1.807, 2.05) is 0 Å². The molecule has 2 aromatic rings. The van der Waals surface area contributed by atoms with Crippen LogP contribution in [0.5, 0.6) is 0 Å². The van der Waals surface area contributed by atoms with Crippen LogP contribution in [-0.2, 0) is 0 Å². The second-order valence-corrected chi connectivity index (χ2v) is 3.67. The van der Waals surface area contributed by atoms with Gasteiger partial charge in [0.2, 0.25) is 0 Å². The van der Waals surface area contributed by atoms with Crippen LogP contribution in [0.2, 0.25) is 5.02 Å². The van der Waals surface area contributed by atoms with E-state index in [0.29, 0.717) is 6.07 Å². The summed E-state index contributed by atoms with van der Waals surface area (Å²) >= 11 is 5.52. The highest BCUT2D eigenvalue weighted by atomic mass is 35.5. The predicted octanol–water partition coefficient (Wildman–Crippen LogP) is 3.90. The lowest BCUT2D eigenvalue weighted by Gasteiger charge is -2.07. The largest absolute Gasteiger partial charge is 0.335 e. The van der Waals surface area contributed by atoms with Gasteiger partial charge in [0.1, 0.15) is 11.6 Å². The van der Waals surface area contributed by atoms with Crippen molar-refractivity contribution in [2.75, 3.05) is 5.32 Å². The van der Waals surface area contributed by atoms with Gasteiger partial charge < -0.3 is 5.32 Å². The Bertz CT molecular complexity index is 511. The fourth-order valence-electron chi connectivity index (χ4n) is 1.22. The summed E-state index contributed by atoms with van der Waals surface area (Å²) in [5, 5.41) is 2.54. The molecule has 0 unspecified atom stereocenters. The average Bonchev–Trinajstić information content (AvgIpc) is 2.25. The third kappa shape index (κ3) is 2.68. The first kappa shape index (κ1) is 11.7. The SMILES string of the molecule is Fc1ccc(Nc2ncc(Cl)cc2F)c(F)c1. The van der Waals surface area contributed by atoms with E-state index in [1.165, 1.54) is 6.20 Å².